The van der Waals surface area contributed by atoms with Gasteiger partial charge in [-0.3, -0.25) is 19.3 Å². The average molecular weight is 392 g/mol. The van der Waals surface area contributed by atoms with Crippen LogP contribution in [0.1, 0.15) is 36.6 Å². The Morgan fingerprint density at radius 3 is 2.46 bits per heavy atom. The number of anilines is 1. The highest BCUT2D eigenvalue weighted by Crippen LogP contribution is 2.31. The summed E-state index contributed by atoms with van der Waals surface area (Å²) in [5.41, 5.74) is -0.654. The average Bonchev–Trinajstić information content (AvgIpc) is 2.89. The lowest BCUT2D eigenvalue weighted by Gasteiger charge is -2.12. The van der Waals surface area contributed by atoms with Gasteiger partial charge in [-0.2, -0.15) is 13.2 Å². The van der Waals surface area contributed by atoms with Crippen LogP contribution in [0.2, 0.25) is 0 Å². The van der Waals surface area contributed by atoms with Crippen LogP contribution in [-0.4, -0.2) is 42.9 Å². The number of imide groups is 1. The summed E-state index contributed by atoms with van der Waals surface area (Å²) in [6.07, 6.45) is -4.53. The predicted octanol–water partition coefficient (Wildman–Crippen LogP) is 3.20. The van der Waals surface area contributed by atoms with Gasteiger partial charge >= 0.3 is 6.18 Å². The standard InChI is InChI=1S/C19H15F3N2O4/c1-28-8-7-24-17(26)14-6-5-11(9-15(14)18(24)27)16(25)23-13-4-2-3-12(10-13)19(20,21)22/h2-6,9-10H,7-8H2,1H3,(H,23,25). The lowest BCUT2D eigenvalue weighted by atomic mass is 10.1. The van der Waals surface area contributed by atoms with E-state index >= 15 is 0 Å². The van der Waals surface area contributed by atoms with Crippen molar-refractivity contribution in [2.75, 3.05) is 25.6 Å². The topological polar surface area (TPSA) is 75.7 Å². The van der Waals surface area contributed by atoms with Gasteiger partial charge in [0, 0.05) is 18.4 Å². The van der Waals surface area contributed by atoms with E-state index in [4.69, 9.17) is 4.74 Å². The first-order chi connectivity index (χ1) is 13.2. The lowest BCUT2D eigenvalue weighted by molar-refractivity contribution is -0.137. The maximum Gasteiger partial charge on any atom is 0.416 e. The summed E-state index contributed by atoms with van der Waals surface area (Å²) in [5.74, 6) is -1.73. The smallest absolute Gasteiger partial charge is 0.383 e. The van der Waals surface area contributed by atoms with Crippen molar-refractivity contribution in [2.45, 2.75) is 6.18 Å². The van der Waals surface area contributed by atoms with E-state index in [1.165, 1.54) is 37.4 Å². The molecule has 0 fully saturated rings. The summed E-state index contributed by atoms with van der Waals surface area (Å²) in [4.78, 5) is 38.1. The molecule has 3 rings (SSSR count). The van der Waals surface area contributed by atoms with E-state index in [1.54, 1.807) is 0 Å². The zero-order valence-corrected chi connectivity index (χ0v) is 14.7. The molecule has 0 saturated carbocycles. The molecule has 0 radical (unpaired) electrons. The Labute approximate surface area is 157 Å². The summed E-state index contributed by atoms with van der Waals surface area (Å²) in [6, 6.07) is 8.15. The minimum absolute atomic E-state index is 0.0375. The minimum atomic E-state index is -4.53. The molecule has 6 nitrogen and oxygen atoms in total. The first-order valence-corrected chi connectivity index (χ1v) is 8.20. The molecule has 0 aliphatic carbocycles. The van der Waals surface area contributed by atoms with E-state index in [2.05, 4.69) is 5.32 Å². The Kier molecular flexibility index (Phi) is 5.19. The number of methoxy groups -OCH3 is 1. The molecule has 0 unspecified atom stereocenters. The van der Waals surface area contributed by atoms with Gasteiger partial charge in [0.2, 0.25) is 0 Å². The molecule has 0 spiro atoms. The third-order valence-corrected chi connectivity index (χ3v) is 4.20. The number of ether oxygens (including phenoxy) is 1. The summed E-state index contributed by atoms with van der Waals surface area (Å²) in [6.45, 7) is 0.253. The second kappa shape index (κ2) is 7.43. The quantitative estimate of drug-likeness (QED) is 0.793. The second-order valence-electron chi connectivity index (χ2n) is 6.05. The molecule has 146 valence electrons. The number of amides is 3. The van der Waals surface area contributed by atoms with E-state index < -0.39 is 29.5 Å². The number of carbonyl (C=O) groups excluding carboxylic acids is 3. The fourth-order valence-corrected chi connectivity index (χ4v) is 2.79. The van der Waals surface area contributed by atoms with E-state index in [0.717, 1.165) is 17.0 Å². The molecule has 0 saturated heterocycles. The van der Waals surface area contributed by atoms with Crippen LogP contribution < -0.4 is 5.32 Å². The molecule has 1 aliphatic heterocycles. The van der Waals surface area contributed by atoms with Crippen LogP contribution in [-0.2, 0) is 10.9 Å². The van der Waals surface area contributed by atoms with Gasteiger partial charge in [-0.25, -0.2) is 0 Å². The summed E-state index contributed by atoms with van der Waals surface area (Å²) < 4.78 is 43.2. The van der Waals surface area contributed by atoms with Gasteiger partial charge in [0.15, 0.2) is 0 Å². The molecular weight excluding hydrogens is 377 g/mol. The number of benzene rings is 2. The Balaban J connectivity index is 1.82. The highest BCUT2D eigenvalue weighted by atomic mass is 19.4. The summed E-state index contributed by atoms with van der Waals surface area (Å²) >= 11 is 0. The Hall–Kier alpha value is -3.20. The van der Waals surface area contributed by atoms with Gasteiger partial charge in [0.1, 0.15) is 0 Å². The maximum atomic E-state index is 12.8. The number of hydrogen-bond acceptors (Lipinski definition) is 4. The van der Waals surface area contributed by atoms with Crippen LogP contribution in [0.25, 0.3) is 0 Å². The van der Waals surface area contributed by atoms with Gasteiger partial charge in [-0.15, -0.1) is 0 Å². The second-order valence-corrected chi connectivity index (χ2v) is 6.05. The highest BCUT2D eigenvalue weighted by Gasteiger charge is 2.35. The number of fused-ring (bicyclic) bond motifs is 1. The van der Waals surface area contributed by atoms with Crippen molar-refractivity contribution < 1.29 is 32.3 Å². The molecule has 28 heavy (non-hydrogen) atoms. The minimum Gasteiger partial charge on any atom is -0.383 e. The van der Waals surface area contributed by atoms with Gasteiger partial charge in [-0.05, 0) is 36.4 Å². The number of nitrogens with zero attached hydrogens (tertiary/aromatic N) is 1. The zero-order chi connectivity index (χ0) is 20.5. The van der Waals surface area contributed by atoms with Crippen molar-refractivity contribution in [3.63, 3.8) is 0 Å². The van der Waals surface area contributed by atoms with Crippen LogP contribution in [0.15, 0.2) is 42.5 Å². The molecule has 1 aliphatic rings. The van der Waals surface area contributed by atoms with Crippen LogP contribution in [0, 0.1) is 0 Å². The fourth-order valence-electron chi connectivity index (χ4n) is 2.79. The Morgan fingerprint density at radius 1 is 1.07 bits per heavy atom. The van der Waals surface area contributed by atoms with E-state index in [9.17, 15) is 27.6 Å². The molecule has 2 aromatic carbocycles. The molecule has 0 atom stereocenters. The number of alkyl halides is 3. The molecule has 1 N–H and O–H groups in total. The molecular formula is C19H15F3N2O4. The van der Waals surface area contributed by atoms with Gasteiger partial charge < -0.3 is 10.1 Å². The van der Waals surface area contributed by atoms with E-state index in [-0.39, 0.29) is 35.5 Å². The van der Waals surface area contributed by atoms with Crippen molar-refractivity contribution in [3.05, 3.63) is 64.7 Å². The SMILES string of the molecule is COCCN1C(=O)c2ccc(C(=O)Nc3cccc(C(F)(F)F)c3)cc2C1=O. The highest BCUT2D eigenvalue weighted by molar-refractivity contribution is 6.22. The van der Waals surface area contributed by atoms with Crippen LogP contribution in [0.4, 0.5) is 18.9 Å². The molecule has 3 amide bonds. The fraction of sp³-hybridized carbons (Fsp3) is 0.211. The number of rotatable bonds is 5. The lowest BCUT2D eigenvalue weighted by Crippen LogP contribution is -2.32. The molecule has 9 heteroatoms. The predicted molar refractivity (Wildman–Crippen MR) is 93.1 cm³/mol. The third-order valence-electron chi connectivity index (χ3n) is 4.20. The third kappa shape index (κ3) is 3.74. The summed E-state index contributed by atoms with van der Waals surface area (Å²) in [7, 11) is 1.44. The van der Waals surface area contributed by atoms with Crippen LogP contribution in [0.3, 0.4) is 0 Å². The van der Waals surface area contributed by atoms with Crippen molar-refractivity contribution in [3.8, 4) is 0 Å². The van der Waals surface area contributed by atoms with Crippen LogP contribution in [0.5, 0.6) is 0 Å². The largest absolute Gasteiger partial charge is 0.416 e. The monoisotopic (exact) mass is 392 g/mol. The molecule has 2 aromatic rings. The molecule has 0 aromatic heterocycles. The van der Waals surface area contributed by atoms with Crippen molar-refractivity contribution in [1.29, 1.82) is 0 Å². The van der Waals surface area contributed by atoms with Crippen molar-refractivity contribution in [2.24, 2.45) is 0 Å². The number of carbonyl (C=O) groups is 3. The van der Waals surface area contributed by atoms with E-state index in [0.29, 0.717) is 0 Å². The maximum absolute atomic E-state index is 12.8. The first kappa shape index (κ1) is 19.6. The summed E-state index contributed by atoms with van der Waals surface area (Å²) in [5, 5.41) is 2.36. The van der Waals surface area contributed by atoms with Gasteiger partial charge in [0.05, 0.1) is 29.8 Å². The first-order valence-electron chi connectivity index (χ1n) is 8.20. The van der Waals surface area contributed by atoms with Crippen LogP contribution >= 0.6 is 0 Å². The Morgan fingerprint density at radius 2 is 1.79 bits per heavy atom. The van der Waals surface area contributed by atoms with Crippen molar-refractivity contribution >= 4 is 23.4 Å². The zero-order valence-electron chi connectivity index (χ0n) is 14.7. The number of halogens is 3. The Bertz CT molecular complexity index is 956. The number of nitrogens with one attached hydrogen (secondary N) is 1. The van der Waals surface area contributed by atoms with Gasteiger partial charge in [0.25, 0.3) is 17.7 Å². The van der Waals surface area contributed by atoms with Crippen molar-refractivity contribution in [1.82, 2.24) is 4.90 Å². The molecule has 1 heterocycles. The normalized spacial score (nSPS) is 13.6. The molecule has 0 bridgehead atoms. The van der Waals surface area contributed by atoms with Gasteiger partial charge in [-0.1, -0.05) is 6.07 Å². The van der Waals surface area contributed by atoms with E-state index in [1.807, 2.05) is 0 Å². The number of hydrogen-bond donors (Lipinski definition) is 1.